The van der Waals surface area contributed by atoms with Crippen molar-refractivity contribution in [2.24, 2.45) is 17.3 Å². The van der Waals surface area contributed by atoms with Crippen LogP contribution in [0.2, 0.25) is 13.1 Å². The van der Waals surface area contributed by atoms with Gasteiger partial charge in [-0.15, -0.1) is 0 Å². The molecular weight excluding hydrogens is 348 g/mol. The van der Waals surface area contributed by atoms with Crippen LogP contribution in [-0.4, -0.2) is 51.2 Å². The van der Waals surface area contributed by atoms with Gasteiger partial charge in [-0.05, 0) is 43.7 Å². The molecule has 0 radical (unpaired) electrons. The van der Waals surface area contributed by atoms with Gasteiger partial charge in [0.25, 0.3) is 0 Å². The van der Waals surface area contributed by atoms with Crippen LogP contribution in [0.1, 0.15) is 53.4 Å². The van der Waals surface area contributed by atoms with Gasteiger partial charge in [0.1, 0.15) is 0 Å². The number of hydrogen-bond donors (Lipinski definition) is 1. The molecule has 2 saturated heterocycles. The first-order chi connectivity index (χ1) is 12.1. The molecule has 7 heteroatoms. The van der Waals surface area contributed by atoms with Crippen LogP contribution in [0.5, 0.6) is 0 Å². The number of hydroxylamine groups is 2. The van der Waals surface area contributed by atoms with Gasteiger partial charge in [0, 0.05) is 13.1 Å². The minimum Gasteiger partial charge on any atom is -0.464 e. The predicted molar refractivity (Wildman–Crippen MR) is 104 cm³/mol. The van der Waals surface area contributed by atoms with Crippen LogP contribution in [0.15, 0.2) is 0 Å². The van der Waals surface area contributed by atoms with E-state index in [1.165, 1.54) is 0 Å². The van der Waals surface area contributed by atoms with E-state index in [4.69, 9.17) is 9.26 Å². The van der Waals surface area contributed by atoms with Crippen LogP contribution in [0.3, 0.4) is 0 Å². The summed E-state index contributed by atoms with van der Waals surface area (Å²) < 4.78 is 11.9. The zero-order valence-electron chi connectivity index (χ0n) is 17.3. The number of ether oxygens (including phenoxy) is 1. The Morgan fingerprint density at radius 2 is 2.08 bits per heavy atom. The molecule has 2 rings (SSSR count). The molecule has 1 N–H and O–H groups in total. The lowest BCUT2D eigenvalue weighted by atomic mass is 9.73. The molecule has 0 aliphatic carbocycles. The van der Waals surface area contributed by atoms with Crippen LogP contribution >= 0.6 is 0 Å². The molecule has 2 aliphatic rings. The van der Waals surface area contributed by atoms with Gasteiger partial charge in [0.15, 0.2) is 14.6 Å². The summed E-state index contributed by atoms with van der Waals surface area (Å²) in [6.07, 6.45) is 3.06. The number of amides is 1. The van der Waals surface area contributed by atoms with Gasteiger partial charge in [-0.25, -0.2) is 4.79 Å². The first-order valence-electron chi connectivity index (χ1n) is 10.0. The van der Waals surface area contributed by atoms with Crippen molar-refractivity contribution in [3.8, 4) is 0 Å². The van der Waals surface area contributed by atoms with Crippen molar-refractivity contribution in [2.45, 2.75) is 72.0 Å². The number of carbonyl (C=O) groups excluding carboxylic acids is 2. The number of hydrogen-bond acceptors (Lipinski definition) is 5. The molecule has 2 fully saturated rings. The summed E-state index contributed by atoms with van der Waals surface area (Å²) >= 11 is 0. The minimum atomic E-state index is -1.44. The summed E-state index contributed by atoms with van der Waals surface area (Å²) in [6, 6.07) is 0. The minimum absolute atomic E-state index is 0.0284. The van der Waals surface area contributed by atoms with Gasteiger partial charge >= 0.3 is 5.97 Å². The normalized spacial score (nSPS) is 30.0. The molecule has 26 heavy (non-hydrogen) atoms. The van der Waals surface area contributed by atoms with Gasteiger partial charge in [0.2, 0.25) is 5.91 Å². The maximum Gasteiger partial charge on any atom is 0.329 e. The third-order valence-corrected chi connectivity index (χ3v) is 6.34. The molecule has 0 saturated carbocycles. The van der Waals surface area contributed by atoms with Crippen molar-refractivity contribution in [1.82, 2.24) is 10.4 Å². The Labute approximate surface area is 159 Å². The lowest BCUT2D eigenvalue weighted by Gasteiger charge is -2.39. The van der Waals surface area contributed by atoms with Crippen LogP contribution in [0.25, 0.3) is 0 Å². The third-order valence-electron chi connectivity index (χ3n) is 5.66. The zero-order chi connectivity index (χ0) is 19.5. The number of carbonyl (C=O) groups is 2. The van der Waals surface area contributed by atoms with E-state index in [1.54, 1.807) is 0 Å². The fourth-order valence-electron chi connectivity index (χ4n) is 4.00. The summed E-state index contributed by atoms with van der Waals surface area (Å²) in [4.78, 5) is 25.9. The van der Waals surface area contributed by atoms with Crippen molar-refractivity contribution in [3.05, 3.63) is 0 Å². The quantitative estimate of drug-likeness (QED) is 0.415. The fraction of sp³-hybridized carbons (Fsp3) is 0.895. The highest BCUT2D eigenvalue weighted by Gasteiger charge is 2.62. The summed E-state index contributed by atoms with van der Waals surface area (Å²) in [5.74, 6) is -0.473. The molecule has 6 nitrogen and oxygen atoms in total. The molecule has 2 heterocycles. The maximum absolute atomic E-state index is 13.3. The molecule has 0 spiro atoms. The van der Waals surface area contributed by atoms with E-state index in [0.29, 0.717) is 32.5 Å². The topological polar surface area (TPSA) is 67.9 Å². The molecule has 0 aromatic heterocycles. The average molecular weight is 385 g/mol. The molecule has 1 amide bonds. The Balaban J connectivity index is 2.40. The first kappa shape index (κ1) is 21.4. The number of nitrogens with zero attached hydrogens (tertiary/aromatic N) is 1. The van der Waals surface area contributed by atoms with Crippen LogP contribution < -0.4 is 5.32 Å². The largest absolute Gasteiger partial charge is 0.464 e. The average Bonchev–Trinajstić information content (AvgIpc) is 3.11. The first-order valence-corrected chi connectivity index (χ1v) is 12.8. The van der Waals surface area contributed by atoms with Gasteiger partial charge in [-0.2, -0.15) is 5.06 Å². The lowest BCUT2D eigenvalue weighted by Crippen LogP contribution is -2.59. The summed E-state index contributed by atoms with van der Waals surface area (Å²) in [5.41, 5.74) is -0.968. The number of unbranched alkanes of at least 4 members (excludes halogenated alkanes) is 1. The molecule has 3 atom stereocenters. The van der Waals surface area contributed by atoms with Gasteiger partial charge in [-0.1, -0.05) is 34.1 Å². The molecule has 0 bridgehead atoms. The lowest BCUT2D eigenvalue weighted by molar-refractivity contribution is -0.191. The Morgan fingerprint density at radius 1 is 1.38 bits per heavy atom. The smallest absolute Gasteiger partial charge is 0.329 e. The highest BCUT2D eigenvalue weighted by atomic mass is 28.3. The molecule has 0 aromatic carbocycles. The maximum atomic E-state index is 13.3. The Kier molecular flexibility index (Phi) is 6.90. The van der Waals surface area contributed by atoms with Crippen molar-refractivity contribution in [2.75, 3.05) is 19.7 Å². The molecule has 0 aromatic rings. The molecule has 2 aliphatic heterocycles. The van der Waals surface area contributed by atoms with Crippen molar-refractivity contribution >= 4 is 20.9 Å². The fourth-order valence-corrected chi connectivity index (χ4v) is 4.79. The number of esters is 1. The third kappa shape index (κ3) is 4.31. The van der Waals surface area contributed by atoms with E-state index in [-0.39, 0.29) is 23.2 Å². The summed E-state index contributed by atoms with van der Waals surface area (Å²) in [6.45, 7) is 14.5. The van der Waals surface area contributed by atoms with Crippen molar-refractivity contribution in [1.29, 1.82) is 0 Å². The van der Waals surface area contributed by atoms with E-state index >= 15 is 0 Å². The second-order valence-electron chi connectivity index (χ2n) is 9.03. The van der Waals surface area contributed by atoms with Crippen LogP contribution in [0, 0.1) is 17.3 Å². The highest BCUT2D eigenvalue weighted by molar-refractivity contribution is 6.48. The number of rotatable bonds is 7. The van der Waals surface area contributed by atoms with Crippen molar-refractivity contribution < 1.29 is 18.9 Å². The SMILES string of the molecule is CCCCOC(=O)C1(C2CCNC2=O)CC(C(C)(C)C)CN1O[SiH](C)C. The van der Waals surface area contributed by atoms with Gasteiger partial charge in [-0.3, -0.25) is 4.79 Å². The van der Waals surface area contributed by atoms with E-state index < -0.39 is 20.5 Å². The standard InChI is InChI=1S/C19H36N2O4Si/c1-7-8-11-24-17(23)19(15-9-10-20-16(15)22)12-14(18(2,3)4)13-21(19)25-26(5)6/h14-15,26H,7-13H2,1-6H3,(H,20,22). The Morgan fingerprint density at radius 3 is 2.58 bits per heavy atom. The highest BCUT2D eigenvalue weighted by Crippen LogP contribution is 2.48. The van der Waals surface area contributed by atoms with Gasteiger partial charge in [0.05, 0.1) is 12.5 Å². The Hall–Kier alpha value is -0.923. The van der Waals surface area contributed by atoms with E-state index in [0.717, 1.165) is 12.8 Å². The zero-order valence-corrected chi connectivity index (χ0v) is 18.4. The summed E-state index contributed by atoms with van der Waals surface area (Å²) in [7, 11) is -1.44. The number of nitrogens with one attached hydrogen (secondary N) is 1. The van der Waals surface area contributed by atoms with Crippen LogP contribution in [-0.2, 0) is 18.9 Å². The second-order valence-corrected chi connectivity index (χ2v) is 11.3. The van der Waals surface area contributed by atoms with E-state index in [2.05, 4.69) is 46.1 Å². The van der Waals surface area contributed by atoms with Crippen LogP contribution in [0.4, 0.5) is 0 Å². The van der Waals surface area contributed by atoms with Gasteiger partial charge < -0.3 is 14.6 Å². The molecule has 3 unspecified atom stereocenters. The van der Waals surface area contributed by atoms with E-state index in [9.17, 15) is 9.59 Å². The predicted octanol–water partition coefficient (Wildman–Crippen LogP) is 2.49. The summed E-state index contributed by atoms with van der Waals surface area (Å²) in [5, 5.41) is 4.75. The van der Waals surface area contributed by atoms with Crippen molar-refractivity contribution in [3.63, 3.8) is 0 Å². The van der Waals surface area contributed by atoms with E-state index in [1.807, 2.05) is 5.06 Å². The Bertz CT molecular complexity index is 520. The molecule has 150 valence electrons. The molecular formula is C19H36N2O4Si. The second kappa shape index (κ2) is 8.40. The monoisotopic (exact) mass is 384 g/mol.